The second kappa shape index (κ2) is 10.5. The third-order valence-corrected chi connectivity index (χ3v) is 4.48. The summed E-state index contributed by atoms with van der Waals surface area (Å²) in [6.45, 7) is 2.67. The maximum atomic E-state index is 11.1. The zero-order valence-electron chi connectivity index (χ0n) is 15.8. The minimum Gasteiger partial charge on any atom is -0.504 e. The number of phenols is 2. The van der Waals surface area contributed by atoms with E-state index in [-0.39, 0.29) is 11.5 Å². The summed E-state index contributed by atoms with van der Waals surface area (Å²) in [5.74, 6) is -0.297. The van der Waals surface area contributed by atoms with Crippen LogP contribution in [0.4, 0.5) is 0 Å². The van der Waals surface area contributed by atoms with Gasteiger partial charge in [-0.25, -0.2) is 4.79 Å². The summed E-state index contributed by atoms with van der Waals surface area (Å²) < 4.78 is 5.86. The fraction of sp³-hybridized carbons (Fsp3) is 0.409. The number of unbranched alkanes of at least 4 members (excludes halogenated alkanes) is 3. The molecule has 0 spiro atoms. The predicted octanol–water partition coefficient (Wildman–Crippen LogP) is 4.93. The van der Waals surface area contributed by atoms with Crippen molar-refractivity contribution in [2.24, 2.45) is 0 Å². The van der Waals surface area contributed by atoms with Crippen molar-refractivity contribution in [1.29, 1.82) is 0 Å². The van der Waals surface area contributed by atoms with Gasteiger partial charge in [-0.05, 0) is 67.1 Å². The lowest BCUT2D eigenvalue weighted by molar-refractivity contribution is 0.0696. The number of carboxylic acid groups (broad SMARTS) is 1. The molecule has 2 aromatic carbocycles. The molecule has 0 heterocycles. The lowest BCUT2D eigenvalue weighted by Crippen LogP contribution is -2.03. The van der Waals surface area contributed by atoms with Crippen LogP contribution in [0.5, 0.6) is 17.2 Å². The molecule has 5 heteroatoms. The molecule has 0 saturated heterocycles. The molecule has 3 N–H and O–H groups in total. The minimum atomic E-state index is -0.916. The molecule has 0 fully saturated rings. The molecule has 5 nitrogen and oxygen atoms in total. The highest BCUT2D eigenvalue weighted by Crippen LogP contribution is 2.26. The second-order valence-electron chi connectivity index (χ2n) is 6.71. The van der Waals surface area contributed by atoms with Crippen LogP contribution in [0.25, 0.3) is 0 Å². The third kappa shape index (κ3) is 6.51. The monoisotopic (exact) mass is 372 g/mol. The molecule has 0 bridgehead atoms. The highest BCUT2D eigenvalue weighted by atomic mass is 16.5. The summed E-state index contributed by atoms with van der Waals surface area (Å²) in [6, 6.07) is 9.99. The lowest BCUT2D eigenvalue weighted by atomic mass is 10.1. The number of aromatic hydroxyl groups is 2. The Bertz CT molecular complexity index is 754. The van der Waals surface area contributed by atoms with Crippen LogP contribution in [0.1, 0.15) is 60.5 Å². The number of phenolic OH excluding ortho intramolecular Hbond substituents is 2. The zero-order chi connectivity index (χ0) is 19.6. The molecule has 0 aliphatic heterocycles. The van der Waals surface area contributed by atoms with Gasteiger partial charge in [-0.1, -0.05) is 32.3 Å². The van der Waals surface area contributed by atoms with E-state index in [1.807, 2.05) is 6.07 Å². The number of hydrogen-bond acceptors (Lipinski definition) is 4. The van der Waals surface area contributed by atoms with Gasteiger partial charge in [0.05, 0.1) is 12.2 Å². The molecule has 0 aliphatic carbocycles. The van der Waals surface area contributed by atoms with Crippen molar-refractivity contribution in [3.63, 3.8) is 0 Å². The molecule has 0 radical (unpaired) electrons. The van der Waals surface area contributed by atoms with Crippen LogP contribution >= 0.6 is 0 Å². The molecule has 0 aliphatic rings. The van der Waals surface area contributed by atoms with Crippen molar-refractivity contribution >= 4 is 5.97 Å². The van der Waals surface area contributed by atoms with E-state index < -0.39 is 5.97 Å². The summed E-state index contributed by atoms with van der Waals surface area (Å²) in [5.41, 5.74) is 2.26. The van der Waals surface area contributed by atoms with Gasteiger partial charge in [0.15, 0.2) is 11.5 Å². The first-order valence-corrected chi connectivity index (χ1v) is 9.51. The van der Waals surface area contributed by atoms with E-state index in [9.17, 15) is 15.0 Å². The van der Waals surface area contributed by atoms with E-state index in [2.05, 4.69) is 6.92 Å². The van der Waals surface area contributed by atoms with Crippen molar-refractivity contribution in [1.82, 2.24) is 0 Å². The van der Waals surface area contributed by atoms with Crippen molar-refractivity contribution < 1.29 is 24.9 Å². The van der Waals surface area contributed by atoms with Gasteiger partial charge in [-0.3, -0.25) is 0 Å². The molecule has 0 aromatic heterocycles. The van der Waals surface area contributed by atoms with E-state index in [4.69, 9.17) is 9.84 Å². The molecular formula is C22H28O5. The molecule has 27 heavy (non-hydrogen) atoms. The summed E-state index contributed by atoms with van der Waals surface area (Å²) in [5, 5.41) is 27.9. The summed E-state index contributed by atoms with van der Waals surface area (Å²) in [4.78, 5) is 11.1. The fourth-order valence-corrected chi connectivity index (χ4v) is 3.01. The Morgan fingerprint density at radius 2 is 1.70 bits per heavy atom. The van der Waals surface area contributed by atoms with Gasteiger partial charge < -0.3 is 20.1 Å². The Hall–Kier alpha value is -2.69. The third-order valence-electron chi connectivity index (χ3n) is 4.48. The highest BCUT2D eigenvalue weighted by Gasteiger charge is 2.09. The van der Waals surface area contributed by atoms with Gasteiger partial charge in [-0.2, -0.15) is 0 Å². The van der Waals surface area contributed by atoms with E-state index >= 15 is 0 Å². The first kappa shape index (κ1) is 20.6. The number of rotatable bonds is 11. The molecule has 146 valence electrons. The summed E-state index contributed by atoms with van der Waals surface area (Å²) >= 11 is 0. The number of hydrogen-bond donors (Lipinski definition) is 3. The SMILES string of the molecule is CCCc1cc(C(=O)O)ccc1OCCCCCCc1ccc(O)c(O)c1. The molecule has 0 atom stereocenters. The predicted molar refractivity (Wildman–Crippen MR) is 105 cm³/mol. The van der Waals surface area contributed by atoms with E-state index in [0.717, 1.165) is 61.8 Å². The smallest absolute Gasteiger partial charge is 0.335 e. The van der Waals surface area contributed by atoms with Crippen molar-refractivity contribution in [3.8, 4) is 17.2 Å². The Morgan fingerprint density at radius 1 is 0.926 bits per heavy atom. The van der Waals surface area contributed by atoms with Crippen LogP contribution < -0.4 is 4.74 Å². The van der Waals surface area contributed by atoms with Crippen molar-refractivity contribution in [2.75, 3.05) is 6.61 Å². The average Bonchev–Trinajstić information content (AvgIpc) is 2.64. The number of ether oxygens (including phenoxy) is 1. The summed E-state index contributed by atoms with van der Waals surface area (Å²) in [6.07, 6.45) is 6.66. The van der Waals surface area contributed by atoms with Gasteiger partial charge in [0.1, 0.15) is 5.75 Å². The average molecular weight is 372 g/mol. The number of aryl methyl sites for hydroxylation is 2. The van der Waals surface area contributed by atoms with Gasteiger partial charge in [0.2, 0.25) is 0 Å². The van der Waals surface area contributed by atoms with Crippen LogP contribution in [0.2, 0.25) is 0 Å². The van der Waals surface area contributed by atoms with Gasteiger partial charge in [-0.15, -0.1) is 0 Å². The molecule has 0 saturated carbocycles. The van der Waals surface area contributed by atoms with Crippen LogP contribution in [0.15, 0.2) is 36.4 Å². The van der Waals surface area contributed by atoms with Crippen molar-refractivity contribution in [2.45, 2.75) is 51.9 Å². The molecule has 0 unspecified atom stereocenters. The van der Waals surface area contributed by atoms with Gasteiger partial charge >= 0.3 is 5.97 Å². The largest absolute Gasteiger partial charge is 0.504 e. The molecule has 2 rings (SSSR count). The van der Waals surface area contributed by atoms with Gasteiger partial charge in [0.25, 0.3) is 0 Å². The standard InChI is InChI=1S/C22H28O5/c1-2-7-17-15-18(22(25)26)10-12-21(17)27-13-6-4-3-5-8-16-9-11-19(23)20(24)14-16/h9-12,14-15,23-24H,2-8,13H2,1H3,(H,25,26). The first-order chi connectivity index (χ1) is 13.0. The van der Waals surface area contributed by atoms with E-state index in [1.54, 1.807) is 24.3 Å². The van der Waals surface area contributed by atoms with Gasteiger partial charge in [0, 0.05) is 0 Å². The fourth-order valence-electron chi connectivity index (χ4n) is 3.01. The topological polar surface area (TPSA) is 87.0 Å². The Labute approximate surface area is 160 Å². The van der Waals surface area contributed by atoms with E-state index in [1.165, 1.54) is 6.07 Å². The van der Waals surface area contributed by atoms with E-state index in [0.29, 0.717) is 12.2 Å². The number of benzene rings is 2. The summed E-state index contributed by atoms with van der Waals surface area (Å²) in [7, 11) is 0. The van der Waals surface area contributed by atoms with Crippen LogP contribution in [0.3, 0.4) is 0 Å². The van der Waals surface area contributed by atoms with Crippen LogP contribution in [-0.4, -0.2) is 27.9 Å². The second-order valence-corrected chi connectivity index (χ2v) is 6.71. The number of aromatic carboxylic acids is 1. The maximum Gasteiger partial charge on any atom is 0.335 e. The van der Waals surface area contributed by atoms with Crippen LogP contribution in [-0.2, 0) is 12.8 Å². The number of carbonyl (C=O) groups is 1. The number of carboxylic acids is 1. The Balaban J connectivity index is 1.70. The Morgan fingerprint density at radius 3 is 2.41 bits per heavy atom. The molecule has 0 amide bonds. The maximum absolute atomic E-state index is 11.1. The molecule has 2 aromatic rings. The highest BCUT2D eigenvalue weighted by molar-refractivity contribution is 5.88. The van der Waals surface area contributed by atoms with Crippen LogP contribution in [0, 0.1) is 0 Å². The quantitative estimate of drug-likeness (QED) is 0.384. The normalized spacial score (nSPS) is 10.7. The first-order valence-electron chi connectivity index (χ1n) is 9.51. The minimum absolute atomic E-state index is 0.0716. The zero-order valence-corrected chi connectivity index (χ0v) is 15.8. The lowest BCUT2D eigenvalue weighted by Gasteiger charge is -2.12. The van der Waals surface area contributed by atoms with Crippen molar-refractivity contribution in [3.05, 3.63) is 53.1 Å². The molecular weight excluding hydrogens is 344 g/mol. The Kier molecular flexibility index (Phi) is 7.99.